The maximum atomic E-state index is 10.4. The molecule has 4 nitrogen and oxygen atoms in total. The van der Waals surface area contributed by atoms with E-state index in [-0.39, 0.29) is 6.10 Å². The van der Waals surface area contributed by atoms with E-state index >= 15 is 0 Å². The van der Waals surface area contributed by atoms with E-state index < -0.39 is 0 Å². The van der Waals surface area contributed by atoms with Gasteiger partial charge in [-0.1, -0.05) is 58.3 Å². The van der Waals surface area contributed by atoms with Gasteiger partial charge in [0.15, 0.2) is 0 Å². The van der Waals surface area contributed by atoms with Crippen molar-refractivity contribution in [3.8, 4) is 0 Å². The van der Waals surface area contributed by atoms with Crippen molar-refractivity contribution in [1.82, 2.24) is 14.7 Å². The molecule has 0 bridgehead atoms. The number of aliphatic hydroxyl groups excluding tert-OH is 1. The number of rotatable bonds is 19. The molecule has 0 rings (SSSR count). The van der Waals surface area contributed by atoms with Gasteiger partial charge < -0.3 is 19.8 Å². The Labute approximate surface area is 164 Å². The molecule has 0 saturated heterocycles. The summed E-state index contributed by atoms with van der Waals surface area (Å²) < 4.78 is 0. The second-order valence-electron chi connectivity index (χ2n) is 8.53. The average Bonchev–Trinajstić information content (AvgIpc) is 2.56. The van der Waals surface area contributed by atoms with Gasteiger partial charge in [0.2, 0.25) is 0 Å². The lowest BCUT2D eigenvalue weighted by atomic mass is 10.1. The molecule has 0 radical (unpaired) electrons. The summed E-state index contributed by atoms with van der Waals surface area (Å²) in [5, 5.41) is 10.4. The summed E-state index contributed by atoms with van der Waals surface area (Å²) in [5.41, 5.74) is 0. The average molecular weight is 372 g/mol. The molecular weight excluding hydrogens is 322 g/mol. The number of aliphatic hydroxyl groups is 1. The van der Waals surface area contributed by atoms with E-state index in [4.69, 9.17) is 0 Å². The van der Waals surface area contributed by atoms with Crippen molar-refractivity contribution in [2.45, 2.75) is 83.7 Å². The summed E-state index contributed by atoms with van der Waals surface area (Å²) in [5.74, 6) is 0. The molecule has 0 aromatic rings. The summed E-state index contributed by atoms with van der Waals surface area (Å²) in [6, 6.07) is 0. The van der Waals surface area contributed by atoms with E-state index in [0.29, 0.717) is 0 Å². The van der Waals surface area contributed by atoms with Gasteiger partial charge in [0.25, 0.3) is 0 Å². The van der Waals surface area contributed by atoms with Gasteiger partial charge in [-0.25, -0.2) is 0 Å². The molecule has 1 unspecified atom stereocenters. The second kappa shape index (κ2) is 18.2. The van der Waals surface area contributed by atoms with Crippen molar-refractivity contribution < 1.29 is 5.11 Å². The van der Waals surface area contributed by atoms with Crippen LogP contribution in [0.3, 0.4) is 0 Å². The fraction of sp³-hybridized carbons (Fsp3) is 1.00. The third kappa shape index (κ3) is 18.6. The first kappa shape index (κ1) is 25.8. The maximum Gasteiger partial charge on any atom is 0.0667 e. The number of hydrogen-bond acceptors (Lipinski definition) is 4. The highest BCUT2D eigenvalue weighted by Gasteiger charge is 2.12. The number of unbranched alkanes of at least 4 members (excludes halogenated alkanes) is 7. The molecule has 0 heterocycles. The van der Waals surface area contributed by atoms with Crippen LogP contribution in [-0.2, 0) is 0 Å². The SMILES string of the molecule is CCCCCCCCCCC(O)CN(CCCN(C)C)CCCN(C)C. The van der Waals surface area contributed by atoms with Crippen LogP contribution in [-0.4, -0.2) is 86.8 Å². The van der Waals surface area contributed by atoms with Crippen molar-refractivity contribution in [2.24, 2.45) is 0 Å². The highest BCUT2D eigenvalue weighted by atomic mass is 16.3. The van der Waals surface area contributed by atoms with Gasteiger partial charge in [-0.15, -0.1) is 0 Å². The summed E-state index contributed by atoms with van der Waals surface area (Å²) in [6.45, 7) is 7.56. The van der Waals surface area contributed by atoms with Crippen LogP contribution in [0.5, 0.6) is 0 Å². The first-order valence-electron chi connectivity index (χ1n) is 11.2. The molecule has 0 aliphatic heterocycles. The molecule has 0 aliphatic rings. The van der Waals surface area contributed by atoms with Gasteiger partial charge in [-0.3, -0.25) is 0 Å². The van der Waals surface area contributed by atoms with Crippen LogP contribution in [0.1, 0.15) is 77.6 Å². The molecule has 1 atom stereocenters. The van der Waals surface area contributed by atoms with E-state index in [9.17, 15) is 5.11 Å². The van der Waals surface area contributed by atoms with Gasteiger partial charge in [0.05, 0.1) is 6.10 Å². The largest absolute Gasteiger partial charge is 0.392 e. The summed E-state index contributed by atoms with van der Waals surface area (Å²) in [6.07, 6.45) is 13.8. The molecule has 0 fully saturated rings. The van der Waals surface area contributed by atoms with Gasteiger partial charge in [0.1, 0.15) is 0 Å². The Morgan fingerprint density at radius 2 is 1.08 bits per heavy atom. The first-order chi connectivity index (χ1) is 12.5. The minimum absolute atomic E-state index is 0.159. The smallest absolute Gasteiger partial charge is 0.0667 e. The van der Waals surface area contributed by atoms with Crippen LogP contribution < -0.4 is 0 Å². The van der Waals surface area contributed by atoms with Gasteiger partial charge >= 0.3 is 0 Å². The second-order valence-corrected chi connectivity index (χ2v) is 8.53. The lowest BCUT2D eigenvalue weighted by Gasteiger charge is -2.26. The molecular formula is C22H49N3O. The molecule has 0 amide bonds. The fourth-order valence-corrected chi connectivity index (χ4v) is 3.42. The Bertz CT molecular complexity index is 271. The Hall–Kier alpha value is -0.160. The monoisotopic (exact) mass is 371 g/mol. The van der Waals surface area contributed by atoms with E-state index in [1.54, 1.807) is 0 Å². The Morgan fingerprint density at radius 1 is 0.615 bits per heavy atom. The Kier molecular flexibility index (Phi) is 18.1. The topological polar surface area (TPSA) is 30.0 Å². The molecule has 26 heavy (non-hydrogen) atoms. The minimum atomic E-state index is -0.159. The van der Waals surface area contributed by atoms with Crippen LogP contribution >= 0.6 is 0 Å². The Morgan fingerprint density at radius 3 is 1.54 bits per heavy atom. The molecule has 0 saturated carbocycles. The maximum absolute atomic E-state index is 10.4. The zero-order chi connectivity index (χ0) is 19.6. The van der Waals surface area contributed by atoms with Crippen molar-refractivity contribution in [3.63, 3.8) is 0 Å². The molecule has 158 valence electrons. The highest BCUT2D eigenvalue weighted by Crippen LogP contribution is 2.11. The zero-order valence-corrected chi connectivity index (χ0v) is 18.7. The van der Waals surface area contributed by atoms with Crippen LogP contribution in [0.2, 0.25) is 0 Å². The number of nitrogens with zero attached hydrogens (tertiary/aromatic N) is 3. The molecule has 0 aromatic heterocycles. The lowest BCUT2D eigenvalue weighted by molar-refractivity contribution is 0.0988. The third-order valence-electron chi connectivity index (χ3n) is 5.02. The van der Waals surface area contributed by atoms with E-state index in [1.807, 2.05) is 0 Å². The van der Waals surface area contributed by atoms with Crippen molar-refractivity contribution in [2.75, 3.05) is 60.9 Å². The van der Waals surface area contributed by atoms with Crippen LogP contribution in [0, 0.1) is 0 Å². The van der Waals surface area contributed by atoms with Crippen molar-refractivity contribution in [3.05, 3.63) is 0 Å². The van der Waals surface area contributed by atoms with E-state index in [0.717, 1.165) is 39.1 Å². The predicted molar refractivity (Wildman–Crippen MR) is 116 cm³/mol. The lowest BCUT2D eigenvalue weighted by Crippen LogP contribution is -2.36. The Balaban J connectivity index is 3.89. The molecule has 1 N–H and O–H groups in total. The molecule has 4 heteroatoms. The van der Waals surface area contributed by atoms with Crippen LogP contribution in [0.15, 0.2) is 0 Å². The minimum Gasteiger partial charge on any atom is -0.392 e. The molecule has 0 aliphatic carbocycles. The zero-order valence-electron chi connectivity index (χ0n) is 18.7. The summed E-state index contributed by atoms with van der Waals surface area (Å²) in [7, 11) is 8.53. The van der Waals surface area contributed by atoms with Crippen LogP contribution in [0.4, 0.5) is 0 Å². The summed E-state index contributed by atoms with van der Waals surface area (Å²) >= 11 is 0. The molecule has 0 aromatic carbocycles. The van der Waals surface area contributed by atoms with Gasteiger partial charge in [0, 0.05) is 6.54 Å². The standard InChI is InChI=1S/C22H49N3O/c1-6-7-8-9-10-11-12-13-16-22(26)21-25(19-14-17-23(2)3)20-15-18-24(4)5/h22,26H,6-21H2,1-5H3. The number of hydrogen-bond donors (Lipinski definition) is 1. The van der Waals surface area contributed by atoms with E-state index in [2.05, 4.69) is 49.8 Å². The van der Waals surface area contributed by atoms with Gasteiger partial charge in [-0.2, -0.15) is 0 Å². The van der Waals surface area contributed by atoms with Crippen molar-refractivity contribution >= 4 is 0 Å². The first-order valence-corrected chi connectivity index (χ1v) is 11.2. The molecule has 0 spiro atoms. The van der Waals surface area contributed by atoms with Gasteiger partial charge in [-0.05, 0) is 73.6 Å². The summed E-state index contributed by atoms with van der Waals surface area (Å²) in [4.78, 5) is 6.96. The van der Waals surface area contributed by atoms with Crippen molar-refractivity contribution in [1.29, 1.82) is 0 Å². The van der Waals surface area contributed by atoms with E-state index in [1.165, 1.54) is 64.2 Å². The fourth-order valence-electron chi connectivity index (χ4n) is 3.42. The normalized spacial score (nSPS) is 13.3. The van der Waals surface area contributed by atoms with Crippen LogP contribution in [0.25, 0.3) is 0 Å². The predicted octanol–water partition coefficient (Wildman–Crippen LogP) is 4.08. The third-order valence-corrected chi connectivity index (χ3v) is 5.02. The quantitative estimate of drug-likeness (QED) is 0.347. The highest BCUT2D eigenvalue weighted by molar-refractivity contribution is 4.67.